The van der Waals surface area contributed by atoms with E-state index in [4.69, 9.17) is 18.9 Å². The molecule has 0 bridgehead atoms. The lowest BCUT2D eigenvalue weighted by molar-refractivity contribution is 0.0724. The van der Waals surface area contributed by atoms with Gasteiger partial charge in [-0.05, 0) is 97.8 Å². The van der Waals surface area contributed by atoms with Crippen molar-refractivity contribution in [3.05, 3.63) is 118 Å². The molecule has 64 heavy (non-hydrogen) atoms. The number of esters is 2. The zero-order chi connectivity index (χ0) is 45.2. The Bertz CT molecular complexity index is 1890. The van der Waals surface area contributed by atoms with Crippen molar-refractivity contribution in [3.8, 4) is 23.0 Å². The number of carbonyl (C=O) groups is 4. The van der Waals surface area contributed by atoms with Gasteiger partial charge in [-0.2, -0.15) is 0 Å². The molecular weight excluding hydrogens is 801 g/mol. The van der Waals surface area contributed by atoms with Crippen molar-refractivity contribution in [1.82, 2.24) is 0 Å². The van der Waals surface area contributed by atoms with Crippen LogP contribution < -0.4 is 18.9 Å². The molecule has 8 heteroatoms. The van der Waals surface area contributed by atoms with Gasteiger partial charge >= 0.3 is 11.9 Å². The number of hydrogen-bond acceptors (Lipinski definition) is 8. The fourth-order valence-corrected chi connectivity index (χ4v) is 8.21. The first kappa shape index (κ1) is 49.8. The maximum Gasteiger partial charge on any atom is 0.343 e. The number of ketones is 2. The number of ether oxygens (including phenoxy) is 4. The number of benzene rings is 4. The Morgan fingerprint density at radius 3 is 0.938 bits per heavy atom. The third-order valence-corrected chi connectivity index (χ3v) is 12.1. The molecule has 0 N–H and O–H groups in total. The number of hydrogen-bond donors (Lipinski definition) is 0. The van der Waals surface area contributed by atoms with E-state index in [1.807, 2.05) is 0 Å². The number of unbranched alkanes of at least 4 members (excludes halogenated alkanes) is 22. The molecule has 0 fully saturated rings. The SMILES string of the molecule is CCCCCCCCCCCCCCOc1ccc(C(=O)Oc2ccc3c(c2)C(=O)c2ccc(OC(=O)c4ccc(OCCCCCCCCCCCCCC)cc4)cc2C3=O)cc1. The van der Waals surface area contributed by atoms with Gasteiger partial charge in [0.2, 0.25) is 0 Å². The van der Waals surface area contributed by atoms with Crippen molar-refractivity contribution in [3.63, 3.8) is 0 Å². The Hall–Kier alpha value is -5.24. The second-order valence-electron chi connectivity index (χ2n) is 17.4. The monoisotopic (exact) mass is 873 g/mol. The fraction of sp³-hybridized carbons (Fsp3) is 0.500. The smallest absolute Gasteiger partial charge is 0.343 e. The number of rotatable bonds is 32. The summed E-state index contributed by atoms with van der Waals surface area (Å²) in [6.07, 6.45) is 30.9. The van der Waals surface area contributed by atoms with Gasteiger partial charge in [-0.1, -0.05) is 155 Å². The van der Waals surface area contributed by atoms with E-state index in [2.05, 4.69) is 13.8 Å². The first-order valence-electron chi connectivity index (χ1n) is 24.7. The Labute approximate surface area is 382 Å². The van der Waals surface area contributed by atoms with E-state index in [1.165, 1.54) is 165 Å². The minimum absolute atomic E-state index is 0.134. The largest absolute Gasteiger partial charge is 0.494 e. The summed E-state index contributed by atoms with van der Waals surface area (Å²) in [6.45, 7) is 5.77. The summed E-state index contributed by atoms with van der Waals surface area (Å²) in [5.41, 5.74) is 1.29. The molecule has 4 aromatic rings. The van der Waals surface area contributed by atoms with Crippen molar-refractivity contribution in [2.45, 2.75) is 168 Å². The van der Waals surface area contributed by atoms with Crippen LogP contribution in [0.5, 0.6) is 23.0 Å². The first-order valence-corrected chi connectivity index (χ1v) is 24.7. The summed E-state index contributed by atoms with van der Waals surface area (Å²) in [5, 5.41) is 0. The van der Waals surface area contributed by atoms with Gasteiger partial charge in [0.15, 0.2) is 11.6 Å². The summed E-state index contributed by atoms with van der Waals surface area (Å²) in [6, 6.07) is 22.4. The Morgan fingerprint density at radius 2 is 0.625 bits per heavy atom. The maximum absolute atomic E-state index is 13.6. The van der Waals surface area contributed by atoms with E-state index in [-0.39, 0.29) is 33.8 Å². The van der Waals surface area contributed by atoms with Crippen LogP contribution in [-0.4, -0.2) is 36.7 Å². The highest BCUT2D eigenvalue weighted by Gasteiger charge is 2.31. The summed E-state index contributed by atoms with van der Waals surface area (Å²) in [7, 11) is 0. The highest BCUT2D eigenvalue weighted by molar-refractivity contribution is 6.28. The summed E-state index contributed by atoms with van der Waals surface area (Å²) in [5.74, 6) is -0.305. The molecule has 1 aliphatic carbocycles. The average molecular weight is 873 g/mol. The predicted molar refractivity (Wildman–Crippen MR) is 256 cm³/mol. The van der Waals surface area contributed by atoms with Crippen LogP contribution in [0.4, 0.5) is 0 Å². The molecular formula is C56H72O8. The average Bonchev–Trinajstić information content (AvgIpc) is 3.31. The van der Waals surface area contributed by atoms with Crippen molar-refractivity contribution < 1.29 is 38.1 Å². The minimum atomic E-state index is -0.592. The van der Waals surface area contributed by atoms with Crippen LogP contribution in [0.1, 0.15) is 221 Å². The molecule has 0 saturated heterocycles. The van der Waals surface area contributed by atoms with Crippen molar-refractivity contribution in [1.29, 1.82) is 0 Å². The molecule has 0 aliphatic heterocycles. The van der Waals surface area contributed by atoms with E-state index in [0.29, 0.717) is 35.8 Å². The summed E-state index contributed by atoms with van der Waals surface area (Å²) >= 11 is 0. The van der Waals surface area contributed by atoms with Gasteiger partial charge in [0.1, 0.15) is 23.0 Å². The fourth-order valence-electron chi connectivity index (χ4n) is 8.21. The van der Waals surface area contributed by atoms with Gasteiger partial charge < -0.3 is 18.9 Å². The molecule has 0 radical (unpaired) electrons. The minimum Gasteiger partial charge on any atom is -0.494 e. The van der Waals surface area contributed by atoms with Gasteiger partial charge in [-0.3, -0.25) is 9.59 Å². The van der Waals surface area contributed by atoms with Gasteiger partial charge in [-0.15, -0.1) is 0 Å². The van der Waals surface area contributed by atoms with Crippen molar-refractivity contribution in [2.75, 3.05) is 13.2 Å². The van der Waals surface area contributed by atoms with Crippen LogP contribution in [0.3, 0.4) is 0 Å². The van der Waals surface area contributed by atoms with Crippen LogP contribution in [0.2, 0.25) is 0 Å². The molecule has 344 valence electrons. The molecule has 0 atom stereocenters. The Morgan fingerprint density at radius 1 is 0.344 bits per heavy atom. The third kappa shape index (κ3) is 16.7. The molecule has 0 aromatic heterocycles. The lowest BCUT2D eigenvalue weighted by Gasteiger charge is -2.19. The van der Waals surface area contributed by atoms with Crippen LogP contribution in [0.25, 0.3) is 0 Å². The molecule has 0 heterocycles. The molecule has 0 amide bonds. The Kier molecular flexibility index (Phi) is 22.2. The number of carbonyl (C=O) groups excluding carboxylic acids is 4. The van der Waals surface area contributed by atoms with E-state index in [9.17, 15) is 19.2 Å². The van der Waals surface area contributed by atoms with Gasteiger partial charge in [0.05, 0.1) is 24.3 Å². The molecule has 0 saturated carbocycles. The highest BCUT2D eigenvalue weighted by Crippen LogP contribution is 2.33. The van der Waals surface area contributed by atoms with Crippen LogP contribution >= 0.6 is 0 Å². The van der Waals surface area contributed by atoms with Crippen LogP contribution in [0, 0.1) is 0 Å². The topological polar surface area (TPSA) is 105 Å². The third-order valence-electron chi connectivity index (χ3n) is 12.1. The number of fused-ring (bicyclic) bond motifs is 2. The molecule has 5 rings (SSSR count). The van der Waals surface area contributed by atoms with E-state index in [0.717, 1.165) is 25.7 Å². The standard InChI is InChI=1S/C56H72O8/c1-3-5-7-9-11-13-15-17-19-21-23-25-39-61-45-31-27-43(28-32-45)55(59)63-47-35-37-49-51(41-47)53(57)50-38-36-48(42-52(50)54(49)58)64-56(60)44-29-33-46(34-30-44)62-40-26-24-22-20-18-16-14-12-10-8-6-4-2/h27-38,41-42H,3-26,39-40H2,1-2H3. The van der Waals surface area contributed by atoms with Gasteiger partial charge in [-0.25, -0.2) is 9.59 Å². The molecule has 0 spiro atoms. The molecule has 8 nitrogen and oxygen atoms in total. The van der Waals surface area contributed by atoms with Gasteiger partial charge in [0, 0.05) is 22.3 Å². The lowest BCUT2D eigenvalue weighted by Crippen LogP contribution is -2.21. The lowest BCUT2D eigenvalue weighted by atomic mass is 9.84. The first-order chi connectivity index (χ1) is 31.4. The van der Waals surface area contributed by atoms with Crippen molar-refractivity contribution in [2.24, 2.45) is 0 Å². The van der Waals surface area contributed by atoms with Crippen molar-refractivity contribution >= 4 is 23.5 Å². The predicted octanol–water partition coefficient (Wildman–Crippen LogP) is 15.1. The van der Waals surface area contributed by atoms with Crippen LogP contribution in [0.15, 0.2) is 84.9 Å². The second kappa shape index (κ2) is 28.5. The van der Waals surface area contributed by atoms with E-state index >= 15 is 0 Å². The molecule has 4 aromatic carbocycles. The quantitative estimate of drug-likeness (QED) is 0.0239. The van der Waals surface area contributed by atoms with Gasteiger partial charge in [0.25, 0.3) is 0 Å². The normalized spacial score (nSPS) is 11.8. The molecule has 1 aliphatic rings. The highest BCUT2D eigenvalue weighted by atomic mass is 16.5. The zero-order valence-electron chi connectivity index (χ0n) is 38.7. The van der Waals surface area contributed by atoms with Crippen LogP contribution in [-0.2, 0) is 0 Å². The summed E-state index contributed by atoms with van der Waals surface area (Å²) in [4.78, 5) is 53.3. The molecule has 0 unspecified atom stereocenters. The second-order valence-corrected chi connectivity index (χ2v) is 17.4. The Balaban J connectivity index is 1.000. The summed E-state index contributed by atoms with van der Waals surface area (Å²) < 4.78 is 23.0. The van der Waals surface area contributed by atoms with E-state index in [1.54, 1.807) is 48.5 Å². The zero-order valence-corrected chi connectivity index (χ0v) is 38.7. The maximum atomic E-state index is 13.6. The van der Waals surface area contributed by atoms with E-state index < -0.39 is 23.5 Å².